The molecule has 0 radical (unpaired) electrons. The van der Waals surface area contributed by atoms with E-state index in [0.717, 1.165) is 15.8 Å². The molecule has 1 N–H and O–H groups in total. The Kier molecular flexibility index (Phi) is 5.81. The highest BCUT2D eigenvalue weighted by molar-refractivity contribution is 9.10. The Balaban J connectivity index is 1.69. The molecule has 3 aromatic rings. The van der Waals surface area contributed by atoms with Crippen molar-refractivity contribution in [3.8, 4) is 11.5 Å². The molecule has 4 nitrogen and oxygen atoms in total. The van der Waals surface area contributed by atoms with Crippen molar-refractivity contribution in [2.75, 3.05) is 0 Å². The normalized spacial score (nSPS) is 12.8. The first kappa shape index (κ1) is 19.0. The Morgan fingerprint density at radius 1 is 0.926 bits per heavy atom. The second-order valence-electron chi connectivity index (χ2n) is 6.19. The molecule has 3 rings (SSSR count). The van der Waals surface area contributed by atoms with Gasteiger partial charge in [-0.2, -0.15) is 0 Å². The van der Waals surface area contributed by atoms with Crippen LogP contribution in [0.25, 0.3) is 0 Å². The molecule has 0 amide bonds. The number of hydrogen-bond donors (Lipinski definition) is 1. The zero-order chi connectivity index (χ0) is 19.3. The molecule has 0 aliphatic carbocycles. The second kappa shape index (κ2) is 8.27. The van der Waals surface area contributed by atoms with E-state index in [4.69, 9.17) is 9.47 Å². The highest BCUT2D eigenvalue weighted by Crippen LogP contribution is 2.29. The molecule has 0 spiro atoms. The maximum absolute atomic E-state index is 11.8. The molecule has 1 atom stereocenters. The quantitative estimate of drug-likeness (QED) is 0.548. The zero-order valence-corrected chi connectivity index (χ0v) is 16.3. The number of carbonyl (C=O) groups is 1. The maximum Gasteiger partial charge on any atom is 0.352 e. The van der Waals surface area contributed by atoms with E-state index in [1.54, 1.807) is 43.3 Å². The third kappa shape index (κ3) is 4.68. The van der Waals surface area contributed by atoms with Crippen LogP contribution in [0.2, 0.25) is 0 Å². The third-order valence-corrected chi connectivity index (χ3v) is 4.73. The summed E-state index contributed by atoms with van der Waals surface area (Å²) in [6, 6.07) is 23.8. The number of hydrogen-bond acceptors (Lipinski definition) is 3. The SMILES string of the molecule is CC(Oc1ccc(COc2ccc(Br)cc2)cc1)(C(=O)O)c1ccccc1. The first-order valence-corrected chi connectivity index (χ1v) is 9.22. The molecule has 0 fully saturated rings. The molecule has 0 heterocycles. The number of carboxylic acid groups (broad SMARTS) is 1. The minimum Gasteiger partial charge on any atom is -0.489 e. The Labute approximate surface area is 166 Å². The molecule has 0 aromatic heterocycles. The molecule has 5 heteroatoms. The van der Waals surface area contributed by atoms with E-state index in [2.05, 4.69) is 15.9 Å². The van der Waals surface area contributed by atoms with Gasteiger partial charge in [0, 0.05) is 10.0 Å². The Morgan fingerprint density at radius 2 is 1.52 bits per heavy atom. The molecular formula is C22H19BrO4. The molecular weight excluding hydrogens is 408 g/mol. The standard InChI is InChI=1S/C22H19BrO4/c1-22(21(24)25,17-5-3-2-4-6-17)27-20-11-7-16(8-12-20)15-26-19-13-9-18(23)10-14-19/h2-14H,15H2,1H3,(H,24,25). The van der Waals surface area contributed by atoms with Gasteiger partial charge in [-0.1, -0.05) is 58.4 Å². The van der Waals surface area contributed by atoms with Crippen LogP contribution in [0, 0.1) is 0 Å². The minimum atomic E-state index is -1.46. The van der Waals surface area contributed by atoms with Gasteiger partial charge in [0.05, 0.1) is 0 Å². The van der Waals surface area contributed by atoms with Gasteiger partial charge in [0.25, 0.3) is 0 Å². The van der Waals surface area contributed by atoms with Gasteiger partial charge < -0.3 is 14.6 Å². The van der Waals surface area contributed by atoms with Crippen molar-refractivity contribution >= 4 is 21.9 Å². The van der Waals surface area contributed by atoms with Gasteiger partial charge in [-0.3, -0.25) is 0 Å². The largest absolute Gasteiger partial charge is 0.489 e. The highest BCUT2D eigenvalue weighted by atomic mass is 79.9. The lowest BCUT2D eigenvalue weighted by Crippen LogP contribution is -2.38. The maximum atomic E-state index is 11.8. The van der Waals surface area contributed by atoms with Crippen molar-refractivity contribution in [1.29, 1.82) is 0 Å². The van der Waals surface area contributed by atoms with E-state index in [1.165, 1.54) is 0 Å². The summed E-state index contributed by atoms with van der Waals surface area (Å²) in [6.45, 7) is 1.96. The topological polar surface area (TPSA) is 55.8 Å². The predicted molar refractivity (Wildman–Crippen MR) is 107 cm³/mol. The number of ether oxygens (including phenoxy) is 2. The van der Waals surface area contributed by atoms with Crippen molar-refractivity contribution in [3.05, 3.63) is 94.5 Å². The van der Waals surface area contributed by atoms with Crippen molar-refractivity contribution in [2.24, 2.45) is 0 Å². The van der Waals surface area contributed by atoms with Crippen LogP contribution in [-0.2, 0) is 17.0 Å². The summed E-state index contributed by atoms with van der Waals surface area (Å²) in [5.74, 6) is 0.216. The van der Waals surface area contributed by atoms with E-state index in [1.807, 2.05) is 42.5 Å². The van der Waals surface area contributed by atoms with E-state index >= 15 is 0 Å². The Bertz CT molecular complexity index is 892. The van der Waals surface area contributed by atoms with Gasteiger partial charge in [0.1, 0.15) is 18.1 Å². The van der Waals surface area contributed by atoms with Crippen LogP contribution in [0.1, 0.15) is 18.1 Å². The second-order valence-corrected chi connectivity index (χ2v) is 7.11. The van der Waals surface area contributed by atoms with Gasteiger partial charge in [-0.25, -0.2) is 4.79 Å². The third-order valence-electron chi connectivity index (χ3n) is 4.20. The van der Waals surface area contributed by atoms with Crippen LogP contribution in [0.3, 0.4) is 0 Å². The summed E-state index contributed by atoms with van der Waals surface area (Å²) < 4.78 is 12.6. The van der Waals surface area contributed by atoms with Crippen molar-refractivity contribution in [3.63, 3.8) is 0 Å². The number of rotatable bonds is 7. The lowest BCUT2D eigenvalue weighted by atomic mass is 9.96. The highest BCUT2D eigenvalue weighted by Gasteiger charge is 2.37. The summed E-state index contributed by atoms with van der Waals surface area (Å²) in [5, 5.41) is 9.68. The van der Waals surface area contributed by atoms with E-state index < -0.39 is 11.6 Å². The molecule has 0 saturated carbocycles. The monoisotopic (exact) mass is 426 g/mol. The number of halogens is 1. The molecule has 0 saturated heterocycles. The average Bonchev–Trinajstić information content (AvgIpc) is 2.69. The van der Waals surface area contributed by atoms with E-state index in [9.17, 15) is 9.90 Å². The summed E-state index contributed by atoms with van der Waals surface area (Å²) >= 11 is 3.39. The van der Waals surface area contributed by atoms with Crippen LogP contribution in [0.4, 0.5) is 0 Å². The fourth-order valence-corrected chi connectivity index (χ4v) is 2.83. The number of aliphatic carboxylic acids is 1. The molecule has 3 aromatic carbocycles. The van der Waals surface area contributed by atoms with E-state index in [0.29, 0.717) is 17.9 Å². The minimum absolute atomic E-state index is 0.413. The molecule has 0 bridgehead atoms. The van der Waals surface area contributed by atoms with Crippen molar-refractivity contribution < 1.29 is 19.4 Å². The van der Waals surface area contributed by atoms with Crippen molar-refractivity contribution in [2.45, 2.75) is 19.1 Å². The van der Waals surface area contributed by atoms with Gasteiger partial charge in [0.2, 0.25) is 5.60 Å². The van der Waals surface area contributed by atoms with Crippen LogP contribution in [-0.4, -0.2) is 11.1 Å². The molecule has 138 valence electrons. The van der Waals surface area contributed by atoms with Crippen LogP contribution in [0.5, 0.6) is 11.5 Å². The zero-order valence-electron chi connectivity index (χ0n) is 14.8. The summed E-state index contributed by atoms with van der Waals surface area (Å²) in [5.41, 5.74) is 0.0821. The summed E-state index contributed by atoms with van der Waals surface area (Å²) in [4.78, 5) is 11.8. The van der Waals surface area contributed by atoms with Crippen LogP contribution in [0.15, 0.2) is 83.3 Å². The Morgan fingerprint density at radius 3 is 2.11 bits per heavy atom. The van der Waals surface area contributed by atoms with E-state index in [-0.39, 0.29) is 0 Å². The lowest BCUT2D eigenvalue weighted by molar-refractivity contribution is -0.154. The van der Waals surface area contributed by atoms with Crippen LogP contribution < -0.4 is 9.47 Å². The average molecular weight is 427 g/mol. The lowest BCUT2D eigenvalue weighted by Gasteiger charge is -2.27. The van der Waals surface area contributed by atoms with Gasteiger partial charge in [-0.05, 0) is 48.9 Å². The number of benzene rings is 3. The smallest absolute Gasteiger partial charge is 0.352 e. The molecule has 27 heavy (non-hydrogen) atoms. The van der Waals surface area contributed by atoms with Gasteiger partial charge in [0.15, 0.2) is 0 Å². The number of carboxylic acids is 1. The first-order chi connectivity index (χ1) is 13.0. The van der Waals surface area contributed by atoms with Crippen molar-refractivity contribution in [1.82, 2.24) is 0 Å². The summed E-state index contributed by atoms with van der Waals surface area (Å²) in [7, 11) is 0. The first-order valence-electron chi connectivity index (χ1n) is 8.42. The Hall–Kier alpha value is -2.79. The van der Waals surface area contributed by atoms with Crippen LogP contribution >= 0.6 is 15.9 Å². The van der Waals surface area contributed by atoms with Gasteiger partial charge in [-0.15, -0.1) is 0 Å². The fourth-order valence-electron chi connectivity index (χ4n) is 2.57. The fraction of sp³-hybridized carbons (Fsp3) is 0.136. The molecule has 0 aliphatic heterocycles. The van der Waals surface area contributed by atoms with Gasteiger partial charge >= 0.3 is 5.97 Å². The predicted octanol–water partition coefficient (Wildman–Crippen LogP) is 5.41. The molecule has 1 unspecified atom stereocenters. The molecule has 0 aliphatic rings. The summed E-state index contributed by atoms with van der Waals surface area (Å²) in [6.07, 6.45) is 0.